The van der Waals surface area contributed by atoms with Gasteiger partial charge in [0.15, 0.2) is 28.6 Å². The quantitative estimate of drug-likeness (QED) is 0.402. The maximum atomic E-state index is 13.0. The minimum atomic E-state index is -0.0490. The average molecular weight is 479 g/mol. The monoisotopic (exact) mass is 478 g/mol. The first-order valence-electron chi connectivity index (χ1n) is 10.8. The number of methoxy groups -OCH3 is 3. The van der Waals surface area contributed by atoms with E-state index in [4.69, 9.17) is 30.9 Å². The van der Waals surface area contributed by atoms with Crippen LogP contribution in [0.5, 0.6) is 11.5 Å². The smallest absolute Gasteiger partial charge is 0.185 e. The standard InChI is InChI=1S/C25H23ClN4O4/c1-32-13-18-23(15-6-9-21(33-2)22(12-15)34-3)25-28-27-24-19(30(25)29-18)10-16(11-20(24)31)14-4-7-17(26)8-5-14/h4-9,12,16H,10-11,13H2,1-3H3/t16-/m1/s1. The Morgan fingerprint density at radius 2 is 1.76 bits per heavy atom. The lowest BCUT2D eigenvalue weighted by atomic mass is 9.83. The summed E-state index contributed by atoms with van der Waals surface area (Å²) < 4.78 is 18.0. The average Bonchev–Trinajstić information content (AvgIpc) is 3.22. The Bertz CT molecular complexity index is 1380. The van der Waals surface area contributed by atoms with Crippen LogP contribution in [0.2, 0.25) is 5.02 Å². The fraction of sp³-hybridized carbons (Fsp3) is 0.280. The summed E-state index contributed by atoms with van der Waals surface area (Å²) in [6.07, 6.45) is 0.970. The van der Waals surface area contributed by atoms with Crippen LogP contribution in [0.4, 0.5) is 0 Å². The maximum Gasteiger partial charge on any atom is 0.185 e. The molecule has 5 rings (SSSR count). The predicted molar refractivity (Wildman–Crippen MR) is 127 cm³/mol. The second-order valence-electron chi connectivity index (χ2n) is 8.14. The van der Waals surface area contributed by atoms with E-state index in [1.807, 2.05) is 42.5 Å². The van der Waals surface area contributed by atoms with Crippen molar-refractivity contribution < 1.29 is 19.0 Å². The first kappa shape index (κ1) is 22.3. The molecule has 0 spiro atoms. The molecular formula is C25H23ClN4O4. The molecule has 1 aliphatic rings. The molecule has 0 saturated heterocycles. The van der Waals surface area contributed by atoms with E-state index >= 15 is 0 Å². The summed E-state index contributed by atoms with van der Waals surface area (Å²) in [6, 6.07) is 13.2. The van der Waals surface area contributed by atoms with E-state index in [0.29, 0.717) is 46.4 Å². The van der Waals surface area contributed by atoms with Crippen molar-refractivity contribution in [3.05, 3.63) is 70.1 Å². The van der Waals surface area contributed by atoms with Gasteiger partial charge in [0.2, 0.25) is 0 Å². The lowest BCUT2D eigenvalue weighted by molar-refractivity contribution is 0.0955. The van der Waals surface area contributed by atoms with Crippen molar-refractivity contribution in [2.75, 3.05) is 21.3 Å². The van der Waals surface area contributed by atoms with Crippen LogP contribution in [0.25, 0.3) is 16.8 Å². The summed E-state index contributed by atoms with van der Waals surface area (Å²) in [5.74, 6) is 1.17. The number of fused-ring (bicyclic) bond motifs is 3. The predicted octanol–water partition coefficient (Wildman–Crippen LogP) is 4.52. The molecule has 0 saturated carbocycles. The van der Waals surface area contributed by atoms with Crippen molar-refractivity contribution >= 4 is 23.0 Å². The van der Waals surface area contributed by atoms with E-state index in [1.165, 1.54) is 0 Å². The molecule has 0 aliphatic heterocycles. The molecule has 34 heavy (non-hydrogen) atoms. The van der Waals surface area contributed by atoms with Crippen LogP contribution in [-0.4, -0.2) is 46.9 Å². The molecule has 4 aromatic rings. The summed E-state index contributed by atoms with van der Waals surface area (Å²) in [5, 5.41) is 14.2. The number of nitrogens with zero attached hydrogens (tertiary/aromatic N) is 4. The maximum absolute atomic E-state index is 13.0. The molecule has 2 heterocycles. The first-order valence-corrected chi connectivity index (χ1v) is 11.2. The third kappa shape index (κ3) is 3.78. The minimum absolute atomic E-state index is 0.00396. The summed E-state index contributed by atoms with van der Waals surface area (Å²) in [7, 11) is 4.80. The van der Waals surface area contributed by atoms with Gasteiger partial charge in [-0.25, -0.2) is 4.52 Å². The van der Waals surface area contributed by atoms with Gasteiger partial charge in [-0.05, 0) is 47.7 Å². The lowest BCUT2D eigenvalue weighted by Gasteiger charge is -2.23. The fourth-order valence-electron chi connectivity index (χ4n) is 4.51. The topological polar surface area (TPSA) is 87.8 Å². The number of halogens is 1. The van der Waals surface area contributed by atoms with E-state index in [9.17, 15) is 4.79 Å². The molecule has 0 fully saturated rings. The number of carbonyl (C=O) groups excluding carboxylic acids is 1. The Labute approximate surface area is 201 Å². The lowest BCUT2D eigenvalue weighted by Crippen LogP contribution is -2.24. The van der Waals surface area contributed by atoms with Gasteiger partial charge in [0.1, 0.15) is 0 Å². The van der Waals surface area contributed by atoms with Gasteiger partial charge < -0.3 is 14.2 Å². The third-order valence-corrected chi connectivity index (χ3v) is 6.39. The zero-order valence-electron chi connectivity index (χ0n) is 19.0. The number of ketones is 1. The number of benzene rings is 2. The van der Waals surface area contributed by atoms with Gasteiger partial charge in [0, 0.05) is 18.6 Å². The Morgan fingerprint density at radius 1 is 1.00 bits per heavy atom. The molecule has 0 bridgehead atoms. The summed E-state index contributed by atoms with van der Waals surface area (Å²) >= 11 is 6.06. The number of carbonyl (C=O) groups is 1. The van der Waals surface area contributed by atoms with E-state index < -0.39 is 0 Å². The van der Waals surface area contributed by atoms with E-state index in [1.54, 1.807) is 25.8 Å². The highest BCUT2D eigenvalue weighted by Crippen LogP contribution is 2.38. The molecule has 1 atom stereocenters. The van der Waals surface area contributed by atoms with Crippen molar-refractivity contribution in [1.29, 1.82) is 0 Å². The summed E-state index contributed by atoms with van der Waals surface area (Å²) in [5.41, 5.74) is 5.02. The van der Waals surface area contributed by atoms with Crippen LogP contribution < -0.4 is 9.47 Å². The fourth-order valence-corrected chi connectivity index (χ4v) is 4.64. The van der Waals surface area contributed by atoms with Gasteiger partial charge in [-0.1, -0.05) is 29.8 Å². The van der Waals surface area contributed by atoms with Gasteiger partial charge in [0.25, 0.3) is 0 Å². The number of ether oxygens (including phenoxy) is 3. The first-order chi connectivity index (χ1) is 16.5. The zero-order valence-corrected chi connectivity index (χ0v) is 19.8. The van der Waals surface area contributed by atoms with Crippen LogP contribution in [-0.2, 0) is 17.8 Å². The number of hydrogen-bond donors (Lipinski definition) is 0. The van der Waals surface area contributed by atoms with Gasteiger partial charge in [-0.15, -0.1) is 10.2 Å². The molecule has 2 aromatic carbocycles. The Morgan fingerprint density at radius 3 is 2.47 bits per heavy atom. The van der Waals surface area contributed by atoms with Crippen LogP contribution in [0.1, 0.15) is 39.8 Å². The highest BCUT2D eigenvalue weighted by Gasteiger charge is 2.32. The molecule has 0 amide bonds. The number of rotatable bonds is 6. The number of hydrogen-bond acceptors (Lipinski definition) is 7. The summed E-state index contributed by atoms with van der Waals surface area (Å²) in [6.45, 7) is 0.274. The van der Waals surface area contributed by atoms with Crippen LogP contribution in [0, 0.1) is 0 Å². The molecule has 8 nitrogen and oxygen atoms in total. The SMILES string of the molecule is COCc1nn2c3c(nnc2c1-c1ccc(OC)c(OC)c1)C(=O)C[C@H](c1ccc(Cl)cc1)C3. The number of aromatic nitrogens is 4. The zero-order chi connectivity index (χ0) is 23.8. The molecule has 9 heteroatoms. The Kier molecular flexibility index (Phi) is 5.93. The van der Waals surface area contributed by atoms with Crippen LogP contribution >= 0.6 is 11.6 Å². The van der Waals surface area contributed by atoms with Crippen molar-refractivity contribution in [2.45, 2.75) is 25.4 Å². The Hall–Kier alpha value is -3.49. The highest BCUT2D eigenvalue weighted by atomic mass is 35.5. The van der Waals surface area contributed by atoms with E-state index in [-0.39, 0.29) is 18.3 Å². The molecule has 0 radical (unpaired) electrons. The van der Waals surface area contributed by atoms with Crippen LogP contribution in [0.15, 0.2) is 42.5 Å². The van der Waals surface area contributed by atoms with Crippen molar-refractivity contribution in [3.63, 3.8) is 0 Å². The van der Waals surface area contributed by atoms with Gasteiger partial charge >= 0.3 is 0 Å². The van der Waals surface area contributed by atoms with Crippen molar-refractivity contribution in [1.82, 2.24) is 19.8 Å². The van der Waals surface area contributed by atoms with Crippen molar-refractivity contribution in [2.24, 2.45) is 0 Å². The molecule has 174 valence electrons. The van der Waals surface area contributed by atoms with E-state index in [2.05, 4.69) is 10.2 Å². The molecule has 0 N–H and O–H groups in total. The largest absolute Gasteiger partial charge is 0.493 e. The molecule has 0 unspecified atom stereocenters. The second-order valence-corrected chi connectivity index (χ2v) is 8.57. The minimum Gasteiger partial charge on any atom is -0.493 e. The van der Waals surface area contributed by atoms with E-state index in [0.717, 1.165) is 22.4 Å². The van der Waals surface area contributed by atoms with Crippen molar-refractivity contribution in [3.8, 4) is 22.6 Å². The summed E-state index contributed by atoms with van der Waals surface area (Å²) in [4.78, 5) is 13.0. The van der Waals surface area contributed by atoms with Crippen LogP contribution in [0.3, 0.4) is 0 Å². The normalized spacial score (nSPS) is 15.4. The second kappa shape index (κ2) is 9.04. The molecular weight excluding hydrogens is 456 g/mol. The van der Waals surface area contributed by atoms with Gasteiger partial charge in [-0.3, -0.25) is 4.79 Å². The van der Waals surface area contributed by atoms with Gasteiger partial charge in [-0.2, -0.15) is 5.10 Å². The van der Waals surface area contributed by atoms with Gasteiger partial charge in [0.05, 0.1) is 37.8 Å². The third-order valence-electron chi connectivity index (χ3n) is 6.14. The molecule has 1 aliphatic carbocycles. The highest BCUT2D eigenvalue weighted by molar-refractivity contribution is 6.30. The number of Topliss-reactive ketones (excluding diaryl/α,β-unsaturated/α-hetero) is 1. The Balaban J connectivity index is 1.67. The molecule has 2 aromatic heterocycles.